The summed E-state index contributed by atoms with van der Waals surface area (Å²) in [5.74, 6) is 0.868. The molecule has 5 nitrogen and oxygen atoms in total. The third kappa shape index (κ3) is 4.68. The first kappa shape index (κ1) is 23.2. The second-order valence-electron chi connectivity index (χ2n) is 10.1. The number of alkyl carbamates (subject to hydrolysis) is 1. The minimum absolute atomic E-state index is 0.0628. The van der Waals surface area contributed by atoms with Crippen LogP contribution in [0.2, 0.25) is 5.02 Å². The summed E-state index contributed by atoms with van der Waals surface area (Å²) in [5, 5.41) is 3.59. The van der Waals surface area contributed by atoms with E-state index in [1.807, 2.05) is 30.3 Å². The maximum Gasteiger partial charge on any atom is 0.407 e. The second kappa shape index (κ2) is 9.99. The normalized spacial score (nSPS) is 28.6. The molecule has 2 saturated heterocycles. The minimum Gasteiger partial charge on any atom is -0.446 e. The van der Waals surface area contributed by atoms with Crippen molar-refractivity contribution in [3.63, 3.8) is 0 Å². The lowest BCUT2D eigenvalue weighted by Gasteiger charge is -2.52. The van der Waals surface area contributed by atoms with Crippen LogP contribution in [0, 0.1) is 11.8 Å². The molecular weight excluding hydrogens is 448 g/mol. The van der Waals surface area contributed by atoms with Crippen LogP contribution < -0.4 is 5.32 Å². The van der Waals surface area contributed by atoms with Gasteiger partial charge < -0.3 is 15.0 Å². The van der Waals surface area contributed by atoms with Gasteiger partial charge >= 0.3 is 6.09 Å². The molecule has 1 aliphatic carbocycles. The Labute approximate surface area is 206 Å². The highest BCUT2D eigenvalue weighted by atomic mass is 35.5. The summed E-state index contributed by atoms with van der Waals surface area (Å²) in [4.78, 5) is 28.0. The summed E-state index contributed by atoms with van der Waals surface area (Å²) in [6, 6.07) is 17.9. The molecule has 0 bridgehead atoms. The topological polar surface area (TPSA) is 58.6 Å². The molecule has 0 aromatic heterocycles. The van der Waals surface area contributed by atoms with Crippen molar-refractivity contribution < 1.29 is 14.3 Å². The molecule has 5 rings (SSSR count). The third-order valence-corrected chi connectivity index (χ3v) is 8.46. The summed E-state index contributed by atoms with van der Waals surface area (Å²) in [6.07, 6.45) is 6.79. The molecule has 2 amide bonds. The Hall–Kier alpha value is -2.53. The van der Waals surface area contributed by atoms with Gasteiger partial charge in [0.25, 0.3) is 0 Å². The summed E-state index contributed by atoms with van der Waals surface area (Å²) in [7, 11) is 0. The third-order valence-electron chi connectivity index (χ3n) is 8.20. The molecule has 1 saturated carbocycles. The lowest BCUT2D eigenvalue weighted by atomic mass is 9.62. The molecule has 1 spiro atoms. The van der Waals surface area contributed by atoms with Crippen molar-refractivity contribution in [3.05, 3.63) is 70.7 Å². The van der Waals surface area contributed by atoms with E-state index >= 15 is 0 Å². The average Bonchev–Trinajstić information content (AvgIpc) is 3.21. The van der Waals surface area contributed by atoms with Crippen molar-refractivity contribution in [2.75, 3.05) is 6.54 Å². The first-order valence-corrected chi connectivity index (χ1v) is 13.0. The zero-order chi connectivity index (χ0) is 23.5. The average molecular weight is 481 g/mol. The minimum atomic E-state index is -0.373. The van der Waals surface area contributed by atoms with Gasteiger partial charge in [-0.1, -0.05) is 54.1 Å². The van der Waals surface area contributed by atoms with E-state index in [9.17, 15) is 9.59 Å². The molecule has 6 heteroatoms. The van der Waals surface area contributed by atoms with E-state index < -0.39 is 0 Å². The number of halogens is 1. The van der Waals surface area contributed by atoms with Gasteiger partial charge in [-0.05, 0) is 74.1 Å². The van der Waals surface area contributed by atoms with Crippen molar-refractivity contribution >= 4 is 23.6 Å². The van der Waals surface area contributed by atoms with Crippen LogP contribution in [-0.4, -0.2) is 35.1 Å². The summed E-state index contributed by atoms with van der Waals surface area (Å²) in [6.45, 7) is 1.28. The van der Waals surface area contributed by atoms with E-state index in [0.29, 0.717) is 29.8 Å². The number of hydrogen-bond acceptors (Lipinski definition) is 3. The Bertz CT molecular complexity index is 1010. The predicted molar refractivity (Wildman–Crippen MR) is 132 cm³/mol. The zero-order valence-corrected chi connectivity index (χ0v) is 20.3. The van der Waals surface area contributed by atoms with Gasteiger partial charge in [-0.25, -0.2) is 4.79 Å². The van der Waals surface area contributed by atoms with Gasteiger partial charge in [-0.15, -0.1) is 0 Å². The van der Waals surface area contributed by atoms with Gasteiger partial charge in [0.2, 0.25) is 5.91 Å². The fourth-order valence-corrected chi connectivity index (χ4v) is 6.85. The Balaban J connectivity index is 1.35. The van der Waals surface area contributed by atoms with E-state index in [-0.39, 0.29) is 23.7 Å². The molecule has 2 aromatic rings. The Morgan fingerprint density at radius 1 is 1.03 bits per heavy atom. The molecule has 180 valence electrons. The van der Waals surface area contributed by atoms with Crippen molar-refractivity contribution in [1.82, 2.24) is 10.2 Å². The molecule has 2 aliphatic heterocycles. The van der Waals surface area contributed by atoms with E-state index in [1.165, 1.54) is 5.56 Å². The monoisotopic (exact) mass is 480 g/mol. The number of rotatable bonds is 5. The molecule has 4 atom stereocenters. The highest BCUT2D eigenvalue weighted by molar-refractivity contribution is 6.30. The van der Waals surface area contributed by atoms with Crippen LogP contribution in [-0.2, 0) is 22.5 Å². The van der Waals surface area contributed by atoms with Gasteiger partial charge in [0.15, 0.2) is 0 Å². The molecule has 0 radical (unpaired) electrons. The number of carbonyl (C=O) groups is 2. The summed E-state index contributed by atoms with van der Waals surface area (Å²) >= 11 is 5.96. The molecule has 2 aromatic carbocycles. The standard InChI is InChI=1S/C28H33ClN2O3/c29-22-12-10-21(11-13-22)19-30-27(33)34-25-14-16-28-15-5-17-31(28)26(32)9-4-8-24(28)23(25)18-20-6-2-1-3-7-20/h1-3,6-7,10-13,23-25H,4-5,8-9,14-19H2,(H,30,33)/t23-,24+,25+,28-/m1/s1. The predicted octanol–water partition coefficient (Wildman–Crippen LogP) is 5.75. The van der Waals surface area contributed by atoms with Crippen LogP contribution >= 0.6 is 11.6 Å². The Kier molecular flexibility index (Phi) is 6.82. The molecule has 3 aliphatic rings. The van der Waals surface area contributed by atoms with E-state index in [2.05, 4.69) is 34.5 Å². The number of carbonyl (C=O) groups excluding carboxylic acids is 2. The lowest BCUT2D eigenvalue weighted by Crippen LogP contribution is -2.58. The zero-order valence-electron chi connectivity index (χ0n) is 19.5. The highest BCUT2D eigenvalue weighted by Crippen LogP contribution is 2.53. The summed E-state index contributed by atoms with van der Waals surface area (Å²) < 4.78 is 6.10. The molecule has 3 fully saturated rings. The van der Waals surface area contributed by atoms with Gasteiger partial charge in [0, 0.05) is 36.0 Å². The smallest absolute Gasteiger partial charge is 0.407 e. The number of amides is 2. The van der Waals surface area contributed by atoms with Crippen LogP contribution in [0.1, 0.15) is 56.1 Å². The van der Waals surface area contributed by atoms with Gasteiger partial charge in [-0.2, -0.15) is 0 Å². The van der Waals surface area contributed by atoms with Crippen molar-refractivity contribution in [1.29, 1.82) is 0 Å². The molecule has 34 heavy (non-hydrogen) atoms. The number of hydrogen-bond donors (Lipinski definition) is 1. The number of nitrogens with one attached hydrogen (secondary N) is 1. The molecular formula is C28H33ClN2O3. The first-order valence-electron chi connectivity index (χ1n) is 12.6. The highest BCUT2D eigenvalue weighted by Gasteiger charge is 2.56. The van der Waals surface area contributed by atoms with Crippen molar-refractivity contribution in [3.8, 4) is 0 Å². The van der Waals surface area contributed by atoms with Gasteiger partial charge in [0.1, 0.15) is 6.10 Å². The van der Waals surface area contributed by atoms with Crippen LogP contribution in [0.3, 0.4) is 0 Å². The lowest BCUT2D eigenvalue weighted by molar-refractivity contribution is -0.141. The molecule has 2 heterocycles. The van der Waals surface area contributed by atoms with Crippen molar-refractivity contribution in [2.24, 2.45) is 11.8 Å². The molecule has 0 unspecified atom stereocenters. The number of ether oxygens (including phenoxy) is 1. The van der Waals surface area contributed by atoms with Gasteiger partial charge in [0.05, 0.1) is 0 Å². The quantitative estimate of drug-likeness (QED) is 0.592. The largest absolute Gasteiger partial charge is 0.446 e. The Morgan fingerprint density at radius 2 is 1.82 bits per heavy atom. The fraction of sp³-hybridized carbons (Fsp3) is 0.500. The van der Waals surface area contributed by atoms with Gasteiger partial charge in [-0.3, -0.25) is 4.79 Å². The van der Waals surface area contributed by atoms with Crippen LogP contribution in [0.5, 0.6) is 0 Å². The first-order chi connectivity index (χ1) is 16.5. The summed E-state index contributed by atoms with van der Waals surface area (Å²) in [5.41, 5.74) is 2.18. The molecule has 1 N–H and O–H groups in total. The number of benzene rings is 2. The van der Waals surface area contributed by atoms with Crippen LogP contribution in [0.25, 0.3) is 0 Å². The SMILES string of the molecule is O=C(NCc1ccc(Cl)cc1)O[C@H]1CC[C@@]23CCCN2C(=O)CCC[C@H]3[C@H]1Cc1ccccc1. The van der Waals surface area contributed by atoms with Crippen LogP contribution in [0.15, 0.2) is 54.6 Å². The maximum atomic E-state index is 12.9. The fourth-order valence-electron chi connectivity index (χ4n) is 6.72. The van der Waals surface area contributed by atoms with Crippen LogP contribution in [0.4, 0.5) is 4.79 Å². The second-order valence-corrected chi connectivity index (χ2v) is 10.5. The van der Waals surface area contributed by atoms with Crippen molar-refractivity contribution in [2.45, 2.75) is 69.6 Å². The maximum absolute atomic E-state index is 12.9. The van der Waals surface area contributed by atoms with E-state index in [0.717, 1.165) is 57.1 Å². The Morgan fingerprint density at radius 3 is 2.62 bits per heavy atom. The number of nitrogens with zero attached hydrogens (tertiary/aromatic N) is 1. The van der Waals surface area contributed by atoms with E-state index in [4.69, 9.17) is 16.3 Å². The van der Waals surface area contributed by atoms with E-state index in [1.54, 1.807) is 0 Å².